The summed E-state index contributed by atoms with van der Waals surface area (Å²) in [5.74, 6) is -2.70. The Bertz CT molecular complexity index is 987. The number of halogens is 6. The number of hydrogen-bond acceptors (Lipinski definition) is 7. The zero-order valence-electron chi connectivity index (χ0n) is 19.3. The molecule has 0 unspecified atom stereocenters. The number of alkyl halides is 6. The van der Waals surface area contributed by atoms with Crippen LogP contribution in [0.25, 0.3) is 0 Å². The number of nitrogens with zero attached hydrogens (tertiary/aromatic N) is 5. The van der Waals surface area contributed by atoms with E-state index in [-0.39, 0.29) is 0 Å². The molecule has 9 nitrogen and oxygen atoms in total. The summed E-state index contributed by atoms with van der Waals surface area (Å²) in [6.45, 7) is 8.96. The number of carboxylic acids is 2. The number of likely N-dealkylation sites (tertiary alicyclic amines) is 2. The number of carboxylic acid groups (broad SMARTS) is 2. The van der Waals surface area contributed by atoms with Gasteiger partial charge in [0.05, 0.1) is 17.2 Å². The lowest BCUT2D eigenvalue weighted by atomic mass is 10.0. The van der Waals surface area contributed by atoms with Crippen LogP contribution in [0.4, 0.5) is 26.3 Å². The van der Waals surface area contributed by atoms with Gasteiger partial charge in [-0.05, 0) is 18.8 Å². The van der Waals surface area contributed by atoms with E-state index < -0.39 is 24.3 Å². The molecule has 16 heteroatoms. The molecule has 2 aliphatic heterocycles. The van der Waals surface area contributed by atoms with E-state index in [1.807, 2.05) is 12.4 Å². The highest BCUT2D eigenvalue weighted by molar-refractivity contribution is 7.09. The van der Waals surface area contributed by atoms with E-state index >= 15 is 0 Å². The third-order valence-corrected chi connectivity index (χ3v) is 6.28. The van der Waals surface area contributed by atoms with Crippen molar-refractivity contribution in [2.75, 3.05) is 26.2 Å². The highest BCUT2D eigenvalue weighted by Gasteiger charge is 2.40. The van der Waals surface area contributed by atoms with Gasteiger partial charge in [0.15, 0.2) is 0 Å². The molecular formula is C20H25F6N5O4S. The second kappa shape index (κ2) is 12.0. The van der Waals surface area contributed by atoms with E-state index in [0.717, 1.165) is 24.9 Å². The first kappa shape index (κ1) is 29.5. The Hall–Kier alpha value is -2.72. The second-order valence-corrected chi connectivity index (χ2v) is 9.39. The van der Waals surface area contributed by atoms with Gasteiger partial charge in [0.2, 0.25) is 0 Å². The second-order valence-electron chi connectivity index (χ2n) is 8.33. The average molecular weight is 546 g/mol. The van der Waals surface area contributed by atoms with Crippen LogP contribution in [0.1, 0.15) is 16.5 Å². The largest absolute Gasteiger partial charge is 0.490 e. The summed E-state index contributed by atoms with van der Waals surface area (Å²) in [4.78, 5) is 32.0. The van der Waals surface area contributed by atoms with Crippen molar-refractivity contribution in [3.8, 4) is 0 Å². The minimum absolute atomic E-state index is 0.819. The maximum Gasteiger partial charge on any atom is 0.490 e. The first-order chi connectivity index (χ1) is 16.6. The fraction of sp³-hybridized carbons (Fsp3) is 0.600. The molecule has 2 aromatic rings. The summed E-state index contributed by atoms with van der Waals surface area (Å²) in [5.41, 5.74) is 1.24. The summed E-state index contributed by atoms with van der Waals surface area (Å²) >= 11 is 1.76. The maximum atomic E-state index is 10.6. The molecule has 4 heterocycles. The van der Waals surface area contributed by atoms with Gasteiger partial charge in [0.25, 0.3) is 0 Å². The van der Waals surface area contributed by atoms with Gasteiger partial charge in [-0.3, -0.25) is 9.80 Å². The van der Waals surface area contributed by atoms with Crippen molar-refractivity contribution >= 4 is 23.3 Å². The molecule has 2 fully saturated rings. The van der Waals surface area contributed by atoms with Crippen LogP contribution >= 0.6 is 11.3 Å². The van der Waals surface area contributed by atoms with Crippen LogP contribution in [0, 0.1) is 18.8 Å². The Balaban J connectivity index is 0.000000271. The van der Waals surface area contributed by atoms with Crippen LogP contribution in [0.2, 0.25) is 0 Å². The number of imidazole rings is 1. The topological polar surface area (TPSA) is 112 Å². The molecule has 2 aromatic heterocycles. The zero-order valence-corrected chi connectivity index (χ0v) is 20.1. The van der Waals surface area contributed by atoms with Crippen molar-refractivity contribution in [3.05, 3.63) is 34.3 Å². The van der Waals surface area contributed by atoms with Gasteiger partial charge in [0.1, 0.15) is 5.82 Å². The molecule has 2 N–H and O–H groups in total. The third-order valence-electron chi connectivity index (χ3n) is 5.46. The van der Waals surface area contributed by atoms with E-state index in [4.69, 9.17) is 19.8 Å². The smallest absolute Gasteiger partial charge is 0.475 e. The molecule has 4 rings (SSSR count). The summed E-state index contributed by atoms with van der Waals surface area (Å²) in [7, 11) is 2.08. The van der Waals surface area contributed by atoms with Crippen LogP contribution in [0.3, 0.4) is 0 Å². The highest BCUT2D eigenvalue weighted by atomic mass is 32.1. The molecular weight excluding hydrogens is 520 g/mol. The van der Waals surface area contributed by atoms with Crippen molar-refractivity contribution in [2.45, 2.75) is 32.4 Å². The quantitative estimate of drug-likeness (QED) is 0.565. The Labute approximate surface area is 206 Å². The van der Waals surface area contributed by atoms with Crippen molar-refractivity contribution in [2.24, 2.45) is 18.9 Å². The molecule has 0 radical (unpaired) electrons. The Morgan fingerprint density at radius 3 is 1.75 bits per heavy atom. The van der Waals surface area contributed by atoms with E-state index in [1.54, 1.807) is 11.3 Å². The maximum absolute atomic E-state index is 10.6. The molecule has 0 amide bonds. The lowest BCUT2D eigenvalue weighted by molar-refractivity contribution is -0.193. The summed E-state index contributed by atoms with van der Waals surface area (Å²) < 4.78 is 65.6. The fourth-order valence-corrected chi connectivity index (χ4v) is 4.51. The van der Waals surface area contributed by atoms with Crippen molar-refractivity contribution < 1.29 is 46.1 Å². The van der Waals surface area contributed by atoms with Crippen LogP contribution < -0.4 is 0 Å². The normalized spacial score (nSPS) is 20.2. The van der Waals surface area contributed by atoms with Crippen molar-refractivity contribution in [1.82, 2.24) is 24.3 Å². The number of aryl methyl sites for hydroxylation is 2. The molecule has 0 spiro atoms. The molecule has 2 atom stereocenters. The molecule has 36 heavy (non-hydrogen) atoms. The van der Waals surface area contributed by atoms with Crippen LogP contribution in [-0.4, -0.2) is 85.0 Å². The monoisotopic (exact) mass is 545 g/mol. The van der Waals surface area contributed by atoms with Crippen LogP contribution in [0.15, 0.2) is 17.8 Å². The van der Waals surface area contributed by atoms with Gasteiger partial charge in [0, 0.05) is 57.5 Å². The molecule has 2 saturated heterocycles. The Kier molecular flexibility index (Phi) is 9.85. The summed E-state index contributed by atoms with van der Waals surface area (Å²) in [6.07, 6.45) is -6.24. The minimum Gasteiger partial charge on any atom is -0.475 e. The van der Waals surface area contributed by atoms with Gasteiger partial charge < -0.3 is 14.8 Å². The van der Waals surface area contributed by atoms with Gasteiger partial charge in [-0.15, -0.1) is 11.3 Å². The van der Waals surface area contributed by atoms with Gasteiger partial charge in [-0.1, -0.05) is 0 Å². The van der Waals surface area contributed by atoms with E-state index in [2.05, 4.69) is 43.7 Å². The number of fused-ring (bicyclic) bond motifs is 1. The standard InChI is InChI=1S/C16H23N5S.2C2HF3O2/c1-12-18-15(11-22-12)9-20-5-13-7-21(8-14(13)6-20)10-16-17-3-4-19(16)2;2*3-2(4,5)1(6)7/h3-4,11,13-14H,5-10H2,1-2H3;2*(H,6,7)/t13-,14+;;. The number of hydrogen-bond donors (Lipinski definition) is 2. The van der Waals surface area contributed by atoms with Gasteiger partial charge in [-0.25, -0.2) is 19.6 Å². The average Bonchev–Trinajstić information content (AvgIpc) is 3.49. The SMILES string of the molecule is Cc1nc(CN2C[C@@H]3CN(Cc4nccn4C)C[C@@H]3C2)cs1.O=C(O)C(F)(F)F.O=C(O)C(F)(F)F. The van der Waals surface area contributed by atoms with Crippen LogP contribution in [-0.2, 0) is 29.7 Å². The van der Waals surface area contributed by atoms with Gasteiger partial charge >= 0.3 is 24.3 Å². The number of carbonyl (C=O) groups is 2. The number of thiazole rings is 1. The van der Waals surface area contributed by atoms with Crippen LogP contribution in [0.5, 0.6) is 0 Å². The number of rotatable bonds is 4. The summed E-state index contributed by atoms with van der Waals surface area (Å²) in [6, 6.07) is 0. The molecule has 0 aromatic carbocycles. The molecule has 2 aliphatic rings. The first-order valence-corrected chi connectivity index (χ1v) is 11.4. The summed E-state index contributed by atoms with van der Waals surface area (Å²) in [5, 5.41) is 17.6. The lowest BCUT2D eigenvalue weighted by Gasteiger charge is -2.20. The molecule has 202 valence electrons. The Morgan fingerprint density at radius 2 is 1.42 bits per heavy atom. The molecule has 0 bridgehead atoms. The number of aromatic nitrogens is 3. The van der Waals surface area contributed by atoms with Gasteiger partial charge in [-0.2, -0.15) is 26.3 Å². The van der Waals surface area contributed by atoms with E-state index in [0.29, 0.717) is 0 Å². The predicted octanol–water partition coefficient (Wildman–Crippen LogP) is 3.02. The predicted molar refractivity (Wildman–Crippen MR) is 115 cm³/mol. The molecule has 0 saturated carbocycles. The fourth-order valence-electron chi connectivity index (χ4n) is 3.90. The van der Waals surface area contributed by atoms with E-state index in [9.17, 15) is 26.3 Å². The third kappa shape index (κ3) is 9.05. The zero-order chi connectivity index (χ0) is 27.3. The van der Waals surface area contributed by atoms with Crippen molar-refractivity contribution in [3.63, 3.8) is 0 Å². The minimum atomic E-state index is -5.08. The first-order valence-electron chi connectivity index (χ1n) is 10.5. The number of aliphatic carboxylic acids is 2. The highest BCUT2D eigenvalue weighted by Crippen LogP contribution is 2.32. The lowest BCUT2D eigenvalue weighted by Crippen LogP contribution is -2.29. The molecule has 0 aliphatic carbocycles. The van der Waals surface area contributed by atoms with E-state index in [1.165, 1.54) is 42.7 Å². The van der Waals surface area contributed by atoms with Crippen molar-refractivity contribution in [1.29, 1.82) is 0 Å². The Morgan fingerprint density at radius 1 is 0.972 bits per heavy atom.